The number of ether oxygens (including phenoxy) is 2. The van der Waals surface area contributed by atoms with Crippen LogP contribution in [0.25, 0.3) is 0 Å². The van der Waals surface area contributed by atoms with Gasteiger partial charge in [0, 0.05) is 23.7 Å². The molecule has 0 saturated heterocycles. The standard InChI is InChI=1S/C24H23ClN2O4/c1-30-20-5-3-4-17(12-20)15-26-23(28)18-8-11-22(31-2)21(13-18)24(29)27-14-16-6-9-19(25)10-7-16/h3-13H,14-15H2,1-2H3,(H,26,28)(H,27,29). The van der Waals surface area contributed by atoms with Crippen LogP contribution in [-0.2, 0) is 13.1 Å². The first-order chi connectivity index (χ1) is 15.0. The van der Waals surface area contributed by atoms with Gasteiger partial charge in [-0.15, -0.1) is 0 Å². The molecular formula is C24H23ClN2O4. The Morgan fingerprint density at radius 3 is 2.23 bits per heavy atom. The third-order valence-corrected chi connectivity index (χ3v) is 4.91. The molecule has 0 heterocycles. The van der Waals surface area contributed by atoms with E-state index in [1.54, 1.807) is 31.4 Å². The molecule has 2 N–H and O–H groups in total. The smallest absolute Gasteiger partial charge is 0.255 e. The van der Waals surface area contributed by atoms with Crippen LogP contribution in [0.1, 0.15) is 31.8 Å². The van der Waals surface area contributed by atoms with Crippen molar-refractivity contribution in [2.45, 2.75) is 13.1 Å². The van der Waals surface area contributed by atoms with Gasteiger partial charge in [0.05, 0.1) is 19.8 Å². The van der Waals surface area contributed by atoms with E-state index in [4.69, 9.17) is 21.1 Å². The van der Waals surface area contributed by atoms with Gasteiger partial charge in [0.25, 0.3) is 11.8 Å². The Hall–Kier alpha value is -3.51. The molecule has 0 aliphatic rings. The van der Waals surface area contributed by atoms with Crippen LogP contribution in [-0.4, -0.2) is 26.0 Å². The van der Waals surface area contributed by atoms with E-state index in [1.165, 1.54) is 13.2 Å². The van der Waals surface area contributed by atoms with Gasteiger partial charge in [-0.3, -0.25) is 9.59 Å². The molecule has 2 amide bonds. The van der Waals surface area contributed by atoms with Gasteiger partial charge in [-0.05, 0) is 53.6 Å². The van der Waals surface area contributed by atoms with Crippen LogP contribution >= 0.6 is 11.6 Å². The summed E-state index contributed by atoms with van der Waals surface area (Å²) in [4.78, 5) is 25.4. The first kappa shape index (κ1) is 22.2. The third kappa shape index (κ3) is 5.99. The molecule has 0 aromatic heterocycles. The Kier molecular flexibility index (Phi) is 7.51. The molecule has 0 saturated carbocycles. The molecule has 3 aromatic carbocycles. The van der Waals surface area contributed by atoms with E-state index >= 15 is 0 Å². The van der Waals surface area contributed by atoms with Crippen molar-refractivity contribution in [3.8, 4) is 11.5 Å². The summed E-state index contributed by atoms with van der Waals surface area (Å²) in [6, 6.07) is 19.4. The Morgan fingerprint density at radius 1 is 0.806 bits per heavy atom. The fourth-order valence-electron chi connectivity index (χ4n) is 2.97. The molecule has 0 spiro atoms. The minimum Gasteiger partial charge on any atom is -0.497 e. The molecule has 0 bridgehead atoms. The van der Waals surface area contributed by atoms with Gasteiger partial charge in [-0.2, -0.15) is 0 Å². The van der Waals surface area contributed by atoms with E-state index in [2.05, 4.69) is 10.6 Å². The van der Waals surface area contributed by atoms with E-state index in [9.17, 15) is 9.59 Å². The van der Waals surface area contributed by atoms with Crippen molar-refractivity contribution in [3.63, 3.8) is 0 Å². The summed E-state index contributed by atoms with van der Waals surface area (Å²) in [6.07, 6.45) is 0. The molecule has 0 atom stereocenters. The van der Waals surface area contributed by atoms with Crippen molar-refractivity contribution in [2.75, 3.05) is 14.2 Å². The molecule has 7 heteroatoms. The minimum atomic E-state index is -0.339. The lowest BCUT2D eigenvalue weighted by Gasteiger charge is -2.12. The number of benzene rings is 3. The lowest BCUT2D eigenvalue weighted by molar-refractivity contribution is 0.0948. The summed E-state index contributed by atoms with van der Waals surface area (Å²) < 4.78 is 10.5. The van der Waals surface area contributed by atoms with Crippen LogP contribution in [0.5, 0.6) is 11.5 Å². The molecule has 31 heavy (non-hydrogen) atoms. The van der Waals surface area contributed by atoms with Gasteiger partial charge in [-0.25, -0.2) is 0 Å². The zero-order valence-electron chi connectivity index (χ0n) is 17.3. The highest BCUT2D eigenvalue weighted by atomic mass is 35.5. The minimum absolute atomic E-state index is 0.283. The molecule has 0 radical (unpaired) electrons. The summed E-state index contributed by atoms with van der Waals surface area (Å²) in [5.74, 6) is 0.472. The quantitative estimate of drug-likeness (QED) is 0.552. The molecule has 0 unspecified atom stereocenters. The van der Waals surface area contributed by atoms with Gasteiger partial charge in [0.15, 0.2) is 0 Å². The Labute approximate surface area is 186 Å². The predicted octanol–water partition coefficient (Wildman–Crippen LogP) is 4.22. The first-order valence-electron chi connectivity index (χ1n) is 9.62. The maximum absolute atomic E-state index is 12.7. The molecule has 0 aliphatic heterocycles. The Balaban J connectivity index is 1.68. The maximum Gasteiger partial charge on any atom is 0.255 e. The number of rotatable bonds is 8. The fourth-order valence-corrected chi connectivity index (χ4v) is 3.10. The largest absolute Gasteiger partial charge is 0.497 e. The van der Waals surface area contributed by atoms with Crippen molar-refractivity contribution in [3.05, 3.63) is 94.0 Å². The fraction of sp³-hybridized carbons (Fsp3) is 0.167. The zero-order chi connectivity index (χ0) is 22.2. The average Bonchev–Trinajstić information content (AvgIpc) is 2.81. The molecule has 0 aliphatic carbocycles. The first-order valence-corrected chi connectivity index (χ1v) is 9.99. The van der Waals surface area contributed by atoms with Gasteiger partial charge in [-0.1, -0.05) is 35.9 Å². The summed E-state index contributed by atoms with van der Waals surface area (Å²) >= 11 is 5.89. The van der Waals surface area contributed by atoms with E-state index in [0.717, 1.165) is 16.9 Å². The number of amides is 2. The van der Waals surface area contributed by atoms with Gasteiger partial charge in [0.2, 0.25) is 0 Å². The second-order valence-electron chi connectivity index (χ2n) is 6.76. The number of hydrogen-bond donors (Lipinski definition) is 2. The van der Waals surface area contributed by atoms with E-state index < -0.39 is 0 Å². The highest BCUT2D eigenvalue weighted by Crippen LogP contribution is 2.21. The summed E-state index contributed by atoms with van der Waals surface area (Å²) in [7, 11) is 3.07. The van der Waals surface area contributed by atoms with Crippen LogP contribution in [0.4, 0.5) is 0 Å². The Morgan fingerprint density at radius 2 is 1.52 bits per heavy atom. The second kappa shape index (κ2) is 10.5. The summed E-state index contributed by atoms with van der Waals surface area (Å²) in [5.41, 5.74) is 2.46. The lowest BCUT2D eigenvalue weighted by Crippen LogP contribution is -2.26. The van der Waals surface area contributed by atoms with E-state index in [1.807, 2.05) is 36.4 Å². The number of carbonyl (C=O) groups excluding carboxylic acids is 2. The van der Waals surface area contributed by atoms with Crippen molar-refractivity contribution in [1.82, 2.24) is 10.6 Å². The molecule has 3 rings (SSSR count). The van der Waals surface area contributed by atoms with Crippen LogP contribution in [0.2, 0.25) is 5.02 Å². The average molecular weight is 439 g/mol. The van der Waals surface area contributed by atoms with Crippen molar-refractivity contribution in [2.24, 2.45) is 0 Å². The van der Waals surface area contributed by atoms with E-state index in [0.29, 0.717) is 29.4 Å². The molecule has 160 valence electrons. The summed E-state index contributed by atoms with van der Waals surface area (Å²) in [5, 5.41) is 6.32. The van der Waals surface area contributed by atoms with Crippen molar-refractivity contribution in [1.29, 1.82) is 0 Å². The maximum atomic E-state index is 12.7. The van der Waals surface area contributed by atoms with E-state index in [-0.39, 0.29) is 17.4 Å². The zero-order valence-corrected chi connectivity index (χ0v) is 18.0. The molecular weight excluding hydrogens is 416 g/mol. The highest BCUT2D eigenvalue weighted by Gasteiger charge is 2.16. The van der Waals surface area contributed by atoms with Gasteiger partial charge in [0.1, 0.15) is 11.5 Å². The molecule has 3 aromatic rings. The monoisotopic (exact) mass is 438 g/mol. The van der Waals surface area contributed by atoms with Crippen LogP contribution in [0, 0.1) is 0 Å². The van der Waals surface area contributed by atoms with Crippen molar-refractivity contribution < 1.29 is 19.1 Å². The number of hydrogen-bond acceptors (Lipinski definition) is 4. The highest BCUT2D eigenvalue weighted by molar-refractivity contribution is 6.30. The third-order valence-electron chi connectivity index (χ3n) is 4.66. The predicted molar refractivity (Wildman–Crippen MR) is 120 cm³/mol. The SMILES string of the molecule is COc1cccc(CNC(=O)c2ccc(OC)c(C(=O)NCc3ccc(Cl)cc3)c2)c1. The normalized spacial score (nSPS) is 10.3. The number of halogens is 1. The topological polar surface area (TPSA) is 76.7 Å². The number of nitrogens with one attached hydrogen (secondary N) is 2. The number of carbonyl (C=O) groups is 2. The van der Waals surface area contributed by atoms with Gasteiger partial charge >= 0.3 is 0 Å². The molecule has 6 nitrogen and oxygen atoms in total. The molecule has 0 fully saturated rings. The van der Waals surface area contributed by atoms with Crippen LogP contribution in [0.15, 0.2) is 66.7 Å². The van der Waals surface area contributed by atoms with Crippen LogP contribution in [0.3, 0.4) is 0 Å². The second-order valence-corrected chi connectivity index (χ2v) is 7.19. The lowest BCUT2D eigenvalue weighted by atomic mass is 10.1. The number of methoxy groups -OCH3 is 2. The van der Waals surface area contributed by atoms with Crippen molar-refractivity contribution >= 4 is 23.4 Å². The Bertz CT molecular complexity index is 1070. The summed E-state index contributed by atoms with van der Waals surface area (Å²) in [6.45, 7) is 0.658. The van der Waals surface area contributed by atoms with Gasteiger partial charge < -0.3 is 20.1 Å². The van der Waals surface area contributed by atoms with Crippen LogP contribution < -0.4 is 20.1 Å².